The zero-order chi connectivity index (χ0) is 20.4. The van der Waals surface area contributed by atoms with Crippen LogP contribution >= 0.6 is 22.9 Å². The fourth-order valence-corrected chi connectivity index (χ4v) is 4.19. The molecule has 0 fully saturated rings. The topological polar surface area (TPSA) is 71.1 Å². The molecule has 144 valence electrons. The largest absolute Gasteiger partial charge is 0.322 e. The monoisotopic (exact) mass is 425 g/mol. The van der Waals surface area contributed by atoms with Crippen LogP contribution in [0.15, 0.2) is 67.0 Å². The Labute approximate surface area is 174 Å². The first kappa shape index (κ1) is 19.0. The number of benzene rings is 2. The van der Waals surface area contributed by atoms with Crippen molar-refractivity contribution in [2.75, 3.05) is 10.6 Å². The van der Waals surface area contributed by atoms with Crippen LogP contribution in [-0.4, -0.2) is 16.8 Å². The SMILES string of the molecule is O=C(Nc1ccncc1)c1cccc(NC(=O)c2sc3cc(F)ccc3c2Cl)c1. The van der Waals surface area contributed by atoms with Crippen molar-refractivity contribution in [1.29, 1.82) is 0 Å². The number of carbonyl (C=O) groups is 2. The Kier molecular flexibility index (Phi) is 5.24. The lowest BCUT2D eigenvalue weighted by atomic mass is 10.2. The highest BCUT2D eigenvalue weighted by molar-refractivity contribution is 7.21. The fraction of sp³-hybridized carbons (Fsp3) is 0. The second kappa shape index (κ2) is 7.98. The van der Waals surface area contributed by atoms with Gasteiger partial charge >= 0.3 is 0 Å². The number of aromatic nitrogens is 1. The van der Waals surface area contributed by atoms with Crippen molar-refractivity contribution in [3.63, 3.8) is 0 Å². The summed E-state index contributed by atoms with van der Waals surface area (Å²) in [4.78, 5) is 29.3. The van der Waals surface area contributed by atoms with Crippen molar-refractivity contribution in [3.05, 3.63) is 88.3 Å². The summed E-state index contributed by atoms with van der Waals surface area (Å²) in [6, 6.07) is 14.1. The summed E-state index contributed by atoms with van der Waals surface area (Å²) < 4.78 is 14.0. The normalized spacial score (nSPS) is 10.7. The van der Waals surface area contributed by atoms with Crippen LogP contribution in [0.1, 0.15) is 20.0 Å². The van der Waals surface area contributed by atoms with Gasteiger partial charge in [0.2, 0.25) is 0 Å². The number of halogens is 2. The summed E-state index contributed by atoms with van der Waals surface area (Å²) in [5, 5.41) is 6.38. The van der Waals surface area contributed by atoms with Crippen molar-refractivity contribution in [2.24, 2.45) is 0 Å². The lowest BCUT2D eigenvalue weighted by Crippen LogP contribution is -2.14. The number of pyridine rings is 1. The smallest absolute Gasteiger partial charge is 0.267 e. The number of nitrogens with one attached hydrogen (secondary N) is 2. The predicted molar refractivity (Wildman–Crippen MR) is 113 cm³/mol. The maximum Gasteiger partial charge on any atom is 0.267 e. The lowest BCUT2D eigenvalue weighted by Gasteiger charge is -2.08. The van der Waals surface area contributed by atoms with Crippen LogP contribution in [0, 0.1) is 5.82 Å². The molecular formula is C21H13ClFN3O2S. The quantitative estimate of drug-likeness (QED) is 0.447. The van der Waals surface area contributed by atoms with Crippen LogP contribution in [0.5, 0.6) is 0 Å². The molecule has 2 heterocycles. The third kappa shape index (κ3) is 4.11. The number of nitrogens with zero attached hydrogens (tertiary/aromatic N) is 1. The molecule has 0 saturated carbocycles. The van der Waals surface area contributed by atoms with Gasteiger partial charge in [0, 0.05) is 39.4 Å². The van der Waals surface area contributed by atoms with Gasteiger partial charge < -0.3 is 10.6 Å². The molecule has 2 aromatic carbocycles. The molecule has 0 atom stereocenters. The molecule has 29 heavy (non-hydrogen) atoms. The van der Waals surface area contributed by atoms with E-state index < -0.39 is 11.7 Å². The number of carbonyl (C=O) groups excluding carboxylic acids is 2. The Hall–Kier alpha value is -3.29. The van der Waals surface area contributed by atoms with Gasteiger partial charge in [-0.05, 0) is 48.5 Å². The first-order valence-corrected chi connectivity index (χ1v) is 9.71. The Bertz CT molecular complexity index is 1230. The Morgan fingerprint density at radius 3 is 2.48 bits per heavy atom. The number of hydrogen-bond acceptors (Lipinski definition) is 4. The minimum Gasteiger partial charge on any atom is -0.322 e. The Morgan fingerprint density at radius 2 is 1.69 bits per heavy atom. The predicted octanol–water partition coefficient (Wildman–Crippen LogP) is 5.59. The zero-order valence-corrected chi connectivity index (χ0v) is 16.4. The van der Waals surface area contributed by atoms with Gasteiger partial charge in [-0.3, -0.25) is 14.6 Å². The van der Waals surface area contributed by atoms with Crippen LogP contribution in [0.4, 0.5) is 15.8 Å². The molecule has 2 N–H and O–H groups in total. The van der Waals surface area contributed by atoms with E-state index in [1.165, 1.54) is 12.1 Å². The van der Waals surface area contributed by atoms with Crippen molar-refractivity contribution in [3.8, 4) is 0 Å². The molecule has 2 aromatic heterocycles. The van der Waals surface area contributed by atoms with Crippen molar-refractivity contribution >= 4 is 56.2 Å². The second-order valence-electron chi connectivity index (χ2n) is 6.11. The van der Waals surface area contributed by atoms with Crippen molar-refractivity contribution in [1.82, 2.24) is 4.98 Å². The van der Waals surface area contributed by atoms with E-state index >= 15 is 0 Å². The standard InChI is InChI=1S/C21H13ClFN3O2S/c22-18-16-5-4-13(23)11-17(16)29-19(18)21(28)26-15-3-1-2-12(10-15)20(27)25-14-6-8-24-9-7-14/h1-11H,(H,26,28)(H,24,25,27). The molecule has 0 aliphatic rings. The van der Waals surface area contributed by atoms with Gasteiger partial charge in [-0.15, -0.1) is 11.3 Å². The number of fused-ring (bicyclic) bond motifs is 1. The average molecular weight is 426 g/mol. The first-order chi connectivity index (χ1) is 14.0. The van der Waals surface area contributed by atoms with E-state index in [1.54, 1.807) is 54.9 Å². The summed E-state index contributed by atoms with van der Waals surface area (Å²) in [6.07, 6.45) is 3.15. The van der Waals surface area contributed by atoms with Crippen LogP contribution in [-0.2, 0) is 0 Å². The molecule has 0 aliphatic heterocycles. The highest BCUT2D eigenvalue weighted by Gasteiger charge is 2.18. The second-order valence-corrected chi connectivity index (χ2v) is 7.54. The summed E-state index contributed by atoms with van der Waals surface area (Å²) in [5.74, 6) is -1.14. The summed E-state index contributed by atoms with van der Waals surface area (Å²) >= 11 is 7.41. The molecule has 4 aromatic rings. The Balaban J connectivity index is 1.54. The van der Waals surface area contributed by atoms with Crippen molar-refractivity contribution in [2.45, 2.75) is 0 Å². The molecule has 8 heteroatoms. The van der Waals surface area contributed by atoms with E-state index in [2.05, 4.69) is 15.6 Å². The number of anilines is 2. The molecule has 0 saturated heterocycles. The number of amides is 2. The van der Waals surface area contributed by atoms with Gasteiger partial charge in [0.15, 0.2) is 0 Å². The minimum absolute atomic E-state index is 0.272. The van der Waals surface area contributed by atoms with Crippen molar-refractivity contribution < 1.29 is 14.0 Å². The van der Waals surface area contributed by atoms with Gasteiger partial charge in [0.05, 0.1) is 5.02 Å². The van der Waals surface area contributed by atoms with Gasteiger partial charge in [0.25, 0.3) is 11.8 Å². The molecule has 4 rings (SSSR count). The first-order valence-electron chi connectivity index (χ1n) is 8.51. The van der Waals surface area contributed by atoms with E-state index in [0.29, 0.717) is 27.0 Å². The van der Waals surface area contributed by atoms with Crippen LogP contribution < -0.4 is 10.6 Å². The molecule has 0 aliphatic carbocycles. The maximum atomic E-state index is 13.4. The van der Waals surface area contributed by atoms with E-state index in [4.69, 9.17) is 11.6 Å². The number of rotatable bonds is 4. The van der Waals surface area contributed by atoms with Gasteiger partial charge in [-0.25, -0.2) is 4.39 Å². The van der Waals surface area contributed by atoms with Crippen LogP contribution in [0.2, 0.25) is 5.02 Å². The molecule has 0 bridgehead atoms. The molecular weight excluding hydrogens is 413 g/mol. The van der Waals surface area contributed by atoms with Gasteiger partial charge in [-0.1, -0.05) is 17.7 Å². The number of hydrogen-bond donors (Lipinski definition) is 2. The highest BCUT2D eigenvalue weighted by Crippen LogP contribution is 2.36. The average Bonchev–Trinajstić information content (AvgIpc) is 3.04. The summed E-state index contributed by atoms with van der Waals surface area (Å²) in [7, 11) is 0. The minimum atomic E-state index is -0.427. The molecule has 0 radical (unpaired) electrons. The van der Waals surface area contributed by atoms with Gasteiger partial charge in [-0.2, -0.15) is 0 Å². The van der Waals surface area contributed by atoms with Gasteiger partial charge in [0.1, 0.15) is 10.7 Å². The molecule has 2 amide bonds. The third-order valence-corrected chi connectivity index (χ3v) is 5.77. The van der Waals surface area contributed by atoms with E-state index in [1.807, 2.05) is 0 Å². The van der Waals surface area contributed by atoms with E-state index in [0.717, 1.165) is 11.3 Å². The molecule has 0 spiro atoms. The molecule has 0 unspecified atom stereocenters. The zero-order valence-electron chi connectivity index (χ0n) is 14.8. The van der Waals surface area contributed by atoms with Crippen LogP contribution in [0.25, 0.3) is 10.1 Å². The summed E-state index contributed by atoms with van der Waals surface area (Å²) in [6.45, 7) is 0. The number of thiophene rings is 1. The van der Waals surface area contributed by atoms with Crippen LogP contribution in [0.3, 0.4) is 0 Å². The molecule has 5 nitrogen and oxygen atoms in total. The van der Waals surface area contributed by atoms with E-state index in [-0.39, 0.29) is 15.8 Å². The Morgan fingerprint density at radius 1 is 0.931 bits per heavy atom. The summed E-state index contributed by atoms with van der Waals surface area (Å²) in [5.41, 5.74) is 1.44. The maximum absolute atomic E-state index is 13.4. The third-order valence-electron chi connectivity index (χ3n) is 4.12. The fourth-order valence-electron chi connectivity index (χ4n) is 2.75. The highest BCUT2D eigenvalue weighted by atomic mass is 35.5. The lowest BCUT2D eigenvalue weighted by molar-refractivity contribution is 0.101. The van der Waals surface area contributed by atoms with E-state index in [9.17, 15) is 14.0 Å².